The van der Waals surface area contributed by atoms with Gasteiger partial charge in [-0.15, -0.1) is 0 Å². The molecule has 1 aliphatic rings. The zero-order valence-corrected chi connectivity index (χ0v) is 17.3. The first-order valence-electron chi connectivity index (χ1n) is 9.11. The molecule has 2 aromatic rings. The summed E-state index contributed by atoms with van der Waals surface area (Å²) in [5, 5.41) is 8.43. The predicted molar refractivity (Wildman–Crippen MR) is 112 cm³/mol. The number of halogens is 1. The van der Waals surface area contributed by atoms with E-state index in [1.807, 2.05) is 18.2 Å². The number of primary sulfonamides is 1. The van der Waals surface area contributed by atoms with Crippen molar-refractivity contribution in [3.63, 3.8) is 0 Å². The van der Waals surface area contributed by atoms with E-state index in [1.54, 1.807) is 17.0 Å². The summed E-state index contributed by atoms with van der Waals surface area (Å²) in [6.07, 6.45) is 0. The van der Waals surface area contributed by atoms with Crippen molar-refractivity contribution in [2.45, 2.75) is 4.90 Å². The lowest BCUT2D eigenvalue weighted by Crippen LogP contribution is -2.50. The van der Waals surface area contributed by atoms with Crippen molar-refractivity contribution in [3.8, 4) is 5.75 Å². The van der Waals surface area contributed by atoms with E-state index < -0.39 is 10.0 Å². The summed E-state index contributed by atoms with van der Waals surface area (Å²) < 4.78 is 28.6. The normalized spacial score (nSPS) is 15.2. The molecule has 1 heterocycles. The maximum atomic E-state index is 12.4. The van der Waals surface area contributed by atoms with Crippen molar-refractivity contribution in [1.82, 2.24) is 9.80 Å². The van der Waals surface area contributed by atoms with Gasteiger partial charge in [-0.3, -0.25) is 4.90 Å². The lowest BCUT2D eigenvalue weighted by molar-refractivity contribution is 0.132. The lowest BCUT2D eigenvalue weighted by Gasteiger charge is -2.34. The second kappa shape index (κ2) is 9.45. The Labute approximate surface area is 175 Å². The van der Waals surface area contributed by atoms with Crippen molar-refractivity contribution < 1.29 is 17.9 Å². The van der Waals surface area contributed by atoms with E-state index in [4.69, 9.17) is 21.5 Å². The number of rotatable bonds is 6. The number of benzene rings is 2. The third-order valence-electron chi connectivity index (χ3n) is 4.58. The first kappa shape index (κ1) is 21.4. The van der Waals surface area contributed by atoms with Gasteiger partial charge in [0, 0.05) is 38.4 Å². The van der Waals surface area contributed by atoms with Crippen LogP contribution in [-0.2, 0) is 10.0 Å². The molecule has 2 amide bonds. The number of hydrogen-bond donors (Lipinski definition) is 2. The quantitative estimate of drug-likeness (QED) is 0.719. The maximum absolute atomic E-state index is 12.4. The number of para-hydroxylation sites is 1. The highest BCUT2D eigenvalue weighted by Gasteiger charge is 2.21. The zero-order chi connectivity index (χ0) is 20.9. The summed E-state index contributed by atoms with van der Waals surface area (Å²) in [6.45, 7) is 3.81. The van der Waals surface area contributed by atoms with Crippen LogP contribution in [0, 0.1) is 0 Å². The van der Waals surface area contributed by atoms with Crippen LogP contribution in [0.4, 0.5) is 10.5 Å². The predicted octanol–water partition coefficient (Wildman–Crippen LogP) is 2.22. The molecule has 1 fully saturated rings. The zero-order valence-electron chi connectivity index (χ0n) is 15.8. The molecular formula is C19H23ClN4O4S. The van der Waals surface area contributed by atoms with Crippen LogP contribution >= 0.6 is 11.6 Å². The minimum Gasteiger partial charge on any atom is -0.491 e. The van der Waals surface area contributed by atoms with Crippen LogP contribution in [-0.4, -0.2) is 63.6 Å². The SMILES string of the molecule is NS(=O)(=O)c1cccc(NC(=O)N2CCN(CCOc3ccccc3Cl)CC2)c1. The fourth-order valence-corrected chi connectivity index (χ4v) is 3.72. The number of urea groups is 1. The Morgan fingerprint density at radius 2 is 1.83 bits per heavy atom. The molecule has 1 saturated heterocycles. The molecule has 3 N–H and O–H groups in total. The number of amides is 2. The molecule has 0 aliphatic carbocycles. The molecule has 8 nitrogen and oxygen atoms in total. The van der Waals surface area contributed by atoms with Gasteiger partial charge in [0.25, 0.3) is 0 Å². The van der Waals surface area contributed by atoms with Crippen molar-refractivity contribution in [2.24, 2.45) is 5.14 Å². The Hall–Kier alpha value is -2.33. The molecule has 0 bridgehead atoms. The molecule has 3 rings (SSSR count). The number of piperazine rings is 1. The molecule has 2 aromatic carbocycles. The summed E-state index contributed by atoms with van der Waals surface area (Å²) in [7, 11) is -3.82. The average molecular weight is 439 g/mol. The van der Waals surface area contributed by atoms with Crippen molar-refractivity contribution in [2.75, 3.05) is 44.6 Å². The van der Waals surface area contributed by atoms with Crippen LogP contribution in [0.1, 0.15) is 0 Å². The first-order chi connectivity index (χ1) is 13.8. The average Bonchev–Trinajstić information content (AvgIpc) is 2.69. The standard InChI is InChI=1S/C19H23ClN4O4S/c20-17-6-1-2-7-18(17)28-13-12-23-8-10-24(11-9-23)19(25)22-15-4-3-5-16(14-15)29(21,26)27/h1-7,14H,8-13H2,(H,22,25)(H2,21,26,27). The minimum absolute atomic E-state index is 0.0429. The van der Waals surface area contributed by atoms with Gasteiger partial charge in [0.15, 0.2) is 0 Å². The van der Waals surface area contributed by atoms with E-state index in [2.05, 4.69) is 10.2 Å². The van der Waals surface area contributed by atoms with E-state index in [1.165, 1.54) is 18.2 Å². The highest BCUT2D eigenvalue weighted by molar-refractivity contribution is 7.89. The Kier molecular flexibility index (Phi) is 6.96. The second-order valence-electron chi connectivity index (χ2n) is 6.61. The molecule has 10 heteroatoms. The molecule has 156 valence electrons. The molecule has 0 radical (unpaired) electrons. The fourth-order valence-electron chi connectivity index (χ4n) is 2.97. The number of carbonyl (C=O) groups is 1. The Morgan fingerprint density at radius 1 is 1.10 bits per heavy atom. The molecule has 1 aliphatic heterocycles. The van der Waals surface area contributed by atoms with Crippen LogP contribution in [0.5, 0.6) is 5.75 Å². The Balaban J connectivity index is 1.44. The molecule has 0 aromatic heterocycles. The number of ether oxygens (including phenoxy) is 1. The highest BCUT2D eigenvalue weighted by Crippen LogP contribution is 2.23. The number of nitrogens with one attached hydrogen (secondary N) is 1. The number of sulfonamides is 1. The Bertz CT molecular complexity index is 962. The molecular weight excluding hydrogens is 416 g/mol. The summed E-state index contributed by atoms with van der Waals surface area (Å²) >= 11 is 6.07. The number of carbonyl (C=O) groups excluding carboxylic acids is 1. The summed E-state index contributed by atoms with van der Waals surface area (Å²) in [5.74, 6) is 0.661. The fraction of sp³-hybridized carbons (Fsp3) is 0.316. The summed E-state index contributed by atoms with van der Waals surface area (Å²) in [4.78, 5) is 16.3. The van der Waals surface area contributed by atoms with Crippen molar-refractivity contribution in [3.05, 3.63) is 53.6 Å². The van der Waals surface area contributed by atoms with Crippen LogP contribution in [0.3, 0.4) is 0 Å². The topological polar surface area (TPSA) is 105 Å². The number of nitrogens with two attached hydrogens (primary N) is 1. The Morgan fingerprint density at radius 3 is 2.52 bits per heavy atom. The maximum Gasteiger partial charge on any atom is 0.321 e. The molecule has 0 saturated carbocycles. The number of anilines is 1. The van der Waals surface area contributed by atoms with E-state index >= 15 is 0 Å². The largest absolute Gasteiger partial charge is 0.491 e. The van der Waals surface area contributed by atoms with E-state index in [9.17, 15) is 13.2 Å². The van der Waals surface area contributed by atoms with Gasteiger partial charge in [0.2, 0.25) is 10.0 Å². The van der Waals surface area contributed by atoms with Gasteiger partial charge in [0.1, 0.15) is 12.4 Å². The van der Waals surface area contributed by atoms with Crippen molar-refractivity contribution >= 4 is 33.3 Å². The van der Waals surface area contributed by atoms with Crippen LogP contribution in [0.2, 0.25) is 5.02 Å². The molecule has 0 atom stereocenters. The van der Waals surface area contributed by atoms with E-state index in [0.717, 1.165) is 19.6 Å². The first-order valence-corrected chi connectivity index (χ1v) is 11.0. The van der Waals surface area contributed by atoms with E-state index in [0.29, 0.717) is 36.2 Å². The van der Waals surface area contributed by atoms with Crippen LogP contribution < -0.4 is 15.2 Å². The summed E-state index contributed by atoms with van der Waals surface area (Å²) in [5.41, 5.74) is 0.386. The highest BCUT2D eigenvalue weighted by atomic mass is 35.5. The molecule has 0 unspecified atom stereocenters. The molecule has 0 spiro atoms. The lowest BCUT2D eigenvalue weighted by atomic mass is 10.3. The van der Waals surface area contributed by atoms with Gasteiger partial charge in [-0.25, -0.2) is 18.4 Å². The van der Waals surface area contributed by atoms with Gasteiger partial charge < -0.3 is 15.0 Å². The van der Waals surface area contributed by atoms with Crippen LogP contribution in [0.25, 0.3) is 0 Å². The third kappa shape index (κ3) is 6.07. The number of nitrogens with zero attached hydrogens (tertiary/aromatic N) is 2. The van der Waals surface area contributed by atoms with E-state index in [-0.39, 0.29) is 10.9 Å². The second-order valence-corrected chi connectivity index (χ2v) is 8.58. The summed E-state index contributed by atoms with van der Waals surface area (Å²) in [6, 6.07) is 12.9. The van der Waals surface area contributed by atoms with Gasteiger partial charge in [-0.2, -0.15) is 0 Å². The van der Waals surface area contributed by atoms with Crippen LogP contribution in [0.15, 0.2) is 53.4 Å². The van der Waals surface area contributed by atoms with Gasteiger partial charge in [0.05, 0.1) is 9.92 Å². The number of hydrogen-bond acceptors (Lipinski definition) is 5. The van der Waals surface area contributed by atoms with Gasteiger partial charge >= 0.3 is 6.03 Å². The third-order valence-corrected chi connectivity index (χ3v) is 5.80. The van der Waals surface area contributed by atoms with Gasteiger partial charge in [-0.05, 0) is 30.3 Å². The molecule has 29 heavy (non-hydrogen) atoms. The smallest absolute Gasteiger partial charge is 0.321 e. The minimum atomic E-state index is -3.82. The monoisotopic (exact) mass is 438 g/mol. The van der Waals surface area contributed by atoms with Crippen molar-refractivity contribution in [1.29, 1.82) is 0 Å². The van der Waals surface area contributed by atoms with Gasteiger partial charge in [-0.1, -0.05) is 29.8 Å².